The normalized spacial score (nSPS) is 16.2. The zero-order chi connectivity index (χ0) is 18.5. The summed E-state index contributed by atoms with van der Waals surface area (Å²) in [6.07, 6.45) is 7.51. The van der Waals surface area contributed by atoms with Gasteiger partial charge in [-0.3, -0.25) is 0 Å². The van der Waals surface area contributed by atoms with Crippen LogP contribution in [0.5, 0.6) is 5.75 Å². The van der Waals surface area contributed by atoms with Crippen LogP contribution in [-0.2, 0) is 4.65 Å². The highest BCUT2D eigenvalue weighted by atomic mass is 16.6. The minimum Gasteiger partial charge on any atom is -0.532 e. The van der Waals surface area contributed by atoms with Crippen LogP contribution in [0.15, 0.2) is 66.7 Å². The molecule has 4 rings (SSSR count). The van der Waals surface area contributed by atoms with Crippen LogP contribution in [0.4, 0.5) is 0 Å². The van der Waals surface area contributed by atoms with Crippen LogP contribution in [0.1, 0.15) is 57.1 Å². The highest BCUT2D eigenvalue weighted by Crippen LogP contribution is 2.39. The van der Waals surface area contributed by atoms with Crippen molar-refractivity contribution in [3.8, 4) is 5.75 Å². The lowest BCUT2D eigenvalue weighted by Gasteiger charge is -2.31. The van der Waals surface area contributed by atoms with E-state index >= 15 is 0 Å². The topological polar surface area (TPSA) is 18.5 Å². The van der Waals surface area contributed by atoms with E-state index in [0.29, 0.717) is 0 Å². The van der Waals surface area contributed by atoms with Crippen LogP contribution in [0.3, 0.4) is 0 Å². The summed E-state index contributed by atoms with van der Waals surface area (Å²) < 4.78 is 12.7. The summed E-state index contributed by atoms with van der Waals surface area (Å²) in [5.74, 6) is 0.965. The number of rotatable bonds is 7. The Labute approximate surface area is 162 Å². The number of fused-ring (bicyclic) bond motifs is 2. The lowest BCUT2D eigenvalue weighted by Crippen LogP contribution is -2.43. The summed E-state index contributed by atoms with van der Waals surface area (Å²) in [5.41, 5.74) is 2.27. The molecule has 1 unspecified atom stereocenters. The summed E-state index contributed by atoms with van der Waals surface area (Å²) >= 11 is 0. The molecule has 0 spiro atoms. The second-order valence-electron chi connectivity index (χ2n) is 7.43. The first-order valence-electron chi connectivity index (χ1n) is 10.2. The molecule has 0 bridgehead atoms. The summed E-state index contributed by atoms with van der Waals surface area (Å²) in [5, 5.41) is 2.46. The average Bonchev–Trinajstić information content (AvgIpc) is 2.72. The molecule has 138 valence electrons. The Morgan fingerprint density at radius 2 is 1.52 bits per heavy atom. The van der Waals surface area contributed by atoms with Gasteiger partial charge in [-0.15, -0.1) is 0 Å². The highest BCUT2D eigenvalue weighted by molar-refractivity contribution is 6.62. The molecule has 0 saturated heterocycles. The van der Waals surface area contributed by atoms with Gasteiger partial charge in [0.05, 0.1) is 6.10 Å². The third-order valence-electron chi connectivity index (χ3n) is 5.39. The van der Waals surface area contributed by atoms with Gasteiger partial charge >= 0.3 is 7.12 Å². The molecule has 0 aliphatic carbocycles. The standard InChI is InChI=1S/C24H27BO2/c1-2-3-4-5-9-16-23-22-17-19-12-10-11-13-20(19)18-24(22)27-25(26-23)21-14-7-6-8-15-21/h6-8,10-15,17-18,23H,2-5,9,16H2,1H3. The summed E-state index contributed by atoms with van der Waals surface area (Å²) in [4.78, 5) is 0. The number of hydrogen-bond donors (Lipinski definition) is 0. The maximum Gasteiger partial charge on any atom is 0.563 e. The van der Waals surface area contributed by atoms with Crippen molar-refractivity contribution in [2.45, 2.75) is 51.6 Å². The lowest BCUT2D eigenvalue weighted by atomic mass is 9.76. The second kappa shape index (κ2) is 8.62. The number of hydrogen-bond acceptors (Lipinski definition) is 2. The SMILES string of the molecule is CCCCCCCC1OB(c2ccccc2)Oc2cc3ccccc3cc21. The molecule has 1 atom stereocenters. The first-order chi connectivity index (χ1) is 13.3. The molecule has 0 aromatic heterocycles. The van der Waals surface area contributed by atoms with Gasteiger partial charge in [-0.1, -0.05) is 93.6 Å². The first-order valence-corrected chi connectivity index (χ1v) is 10.2. The van der Waals surface area contributed by atoms with Gasteiger partial charge < -0.3 is 9.31 Å². The van der Waals surface area contributed by atoms with Crippen molar-refractivity contribution in [1.29, 1.82) is 0 Å². The molecule has 1 heterocycles. The maximum absolute atomic E-state index is 6.43. The lowest BCUT2D eigenvalue weighted by molar-refractivity contribution is 0.145. The van der Waals surface area contributed by atoms with Gasteiger partial charge in [0.1, 0.15) is 5.75 Å². The smallest absolute Gasteiger partial charge is 0.532 e. The van der Waals surface area contributed by atoms with Crippen molar-refractivity contribution in [1.82, 2.24) is 0 Å². The molecule has 0 amide bonds. The molecular weight excluding hydrogens is 331 g/mol. The minimum atomic E-state index is -0.333. The molecule has 0 radical (unpaired) electrons. The fourth-order valence-corrected chi connectivity index (χ4v) is 3.87. The van der Waals surface area contributed by atoms with Crippen molar-refractivity contribution in [2.75, 3.05) is 0 Å². The van der Waals surface area contributed by atoms with Gasteiger partial charge in [0, 0.05) is 5.56 Å². The molecule has 27 heavy (non-hydrogen) atoms. The molecule has 1 aliphatic heterocycles. The van der Waals surface area contributed by atoms with Crippen molar-refractivity contribution < 1.29 is 9.31 Å². The quantitative estimate of drug-likeness (QED) is 0.378. The molecule has 3 aromatic rings. The predicted octanol–water partition coefficient (Wildman–Crippen LogP) is 6.05. The Kier molecular flexibility index (Phi) is 5.79. The number of unbranched alkanes of at least 4 members (excludes halogenated alkanes) is 4. The monoisotopic (exact) mass is 358 g/mol. The van der Waals surface area contributed by atoms with Gasteiger partial charge in [0.15, 0.2) is 0 Å². The molecule has 0 saturated carbocycles. The van der Waals surface area contributed by atoms with Gasteiger partial charge in [-0.25, -0.2) is 0 Å². The zero-order valence-electron chi connectivity index (χ0n) is 16.1. The van der Waals surface area contributed by atoms with E-state index in [2.05, 4.69) is 55.5 Å². The summed E-state index contributed by atoms with van der Waals surface area (Å²) in [7, 11) is -0.333. The maximum atomic E-state index is 6.43. The van der Waals surface area contributed by atoms with Gasteiger partial charge in [-0.2, -0.15) is 0 Å². The van der Waals surface area contributed by atoms with Crippen LogP contribution in [0.25, 0.3) is 10.8 Å². The summed E-state index contributed by atoms with van der Waals surface area (Å²) in [6, 6.07) is 23.2. The second-order valence-corrected chi connectivity index (χ2v) is 7.43. The molecule has 1 aliphatic rings. The van der Waals surface area contributed by atoms with Crippen molar-refractivity contribution >= 4 is 23.4 Å². The largest absolute Gasteiger partial charge is 0.563 e. The molecule has 3 heteroatoms. The van der Waals surface area contributed by atoms with Gasteiger partial charge in [0.25, 0.3) is 0 Å². The van der Waals surface area contributed by atoms with Crippen molar-refractivity contribution in [2.24, 2.45) is 0 Å². The van der Waals surface area contributed by atoms with Crippen LogP contribution in [0.2, 0.25) is 0 Å². The third-order valence-corrected chi connectivity index (χ3v) is 5.39. The molecular formula is C24H27BO2. The Morgan fingerprint density at radius 3 is 2.30 bits per heavy atom. The molecule has 0 fully saturated rings. The van der Waals surface area contributed by atoms with E-state index in [-0.39, 0.29) is 13.2 Å². The van der Waals surface area contributed by atoms with E-state index in [1.165, 1.54) is 48.4 Å². The van der Waals surface area contributed by atoms with E-state index in [1.807, 2.05) is 18.2 Å². The average molecular weight is 358 g/mol. The van der Waals surface area contributed by atoms with E-state index in [1.54, 1.807) is 0 Å². The van der Waals surface area contributed by atoms with Crippen molar-refractivity contribution in [3.05, 3.63) is 72.3 Å². The third kappa shape index (κ3) is 4.19. The molecule has 3 aromatic carbocycles. The zero-order valence-corrected chi connectivity index (χ0v) is 16.1. The number of benzene rings is 3. The van der Waals surface area contributed by atoms with Gasteiger partial charge in [0.2, 0.25) is 0 Å². The molecule has 0 N–H and O–H groups in total. The fraction of sp³-hybridized carbons (Fsp3) is 0.333. The minimum absolute atomic E-state index is 0.0881. The van der Waals surface area contributed by atoms with Crippen LogP contribution < -0.4 is 10.1 Å². The predicted molar refractivity (Wildman–Crippen MR) is 114 cm³/mol. The first kappa shape index (κ1) is 18.1. The van der Waals surface area contributed by atoms with E-state index in [0.717, 1.165) is 17.6 Å². The Bertz CT molecular complexity index is 878. The van der Waals surface area contributed by atoms with Crippen LogP contribution in [-0.4, -0.2) is 7.12 Å². The van der Waals surface area contributed by atoms with Crippen molar-refractivity contribution in [3.63, 3.8) is 0 Å². The highest BCUT2D eigenvalue weighted by Gasteiger charge is 2.35. The molecule has 2 nitrogen and oxygen atoms in total. The Hall–Kier alpha value is -2.26. The van der Waals surface area contributed by atoms with E-state index < -0.39 is 0 Å². The fourth-order valence-electron chi connectivity index (χ4n) is 3.87. The Morgan fingerprint density at radius 1 is 0.815 bits per heavy atom. The van der Waals surface area contributed by atoms with E-state index in [9.17, 15) is 0 Å². The Balaban J connectivity index is 1.61. The van der Waals surface area contributed by atoms with Crippen LogP contribution >= 0.6 is 0 Å². The van der Waals surface area contributed by atoms with Gasteiger partial charge in [-0.05, 0) is 34.8 Å². The van der Waals surface area contributed by atoms with Crippen LogP contribution in [0, 0.1) is 0 Å². The van der Waals surface area contributed by atoms with E-state index in [4.69, 9.17) is 9.31 Å². The summed E-state index contributed by atoms with van der Waals surface area (Å²) in [6.45, 7) is 2.26.